The molecule has 0 aromatic heterocycles. The summed E-state index contributed by atoms with van der Waals surface area (Å²) in [5, 5.41) is 2.91. The van der Waals surface area contributed by atoms with E-state index in [4.69, 9.17) is 18.9 Å². The van der Waals surface area contributed by atoms with Crippen molar-refractivity contribution in [3.05, 3.63) is 42.0 Å². The number of benzene rings is 2. The highest BCUT2D eigenvalue weighted by Crippen LogP contribution is 2.33. The molecule has 0 spiro atoms. The molecule has 2 aromatic rings. The predicted octanol–water partition coefficient (Wildman–Crippen LogP) is 2.89. The predicted molar refractivity (Wildman–Crippen MR) is 102 cm³/mol. The van der Waals surface area contributed by atoms with Crippen molar-refractivity contribution >= 4 is 11.6 Å². The number of rotatable bonds is 7. The first-order valence-corrected chi connectivity index (χ1v) is 8.63. The van der Waals surface area contributed by atoms with Crippen LogP contribution >= 0.6 is 0 Å². The van der Waals surface area contributed by atoms with Crippen molar-refractivity contribution in [2.24, 2.45) is 0 Å². The lowest BCUT2D eigenvalue weighted by Crippen LogP contribution is -2.39. The minimum Gasteiger partial charge on any atom is -0.497 e. The molecule has 0 radical (unpaired) electrons. The number of amides is 1. The monoisotopic (exact) mass is 372 g/mol. The Morgan fingerprint density at radius 1 is 1.15 bits per heavy atom. The highest BCUT2D eigenvalue weighted by molar-refractivity contribution is 5.96. The Balaban J connectivity index is 1.66. The van der Waals surface area contributed by atoms with E-state index in [0.29, 0.717) is 23.7 Å². The summed E-state index contributed by atoms with van der Waals surface area (Å²) in [6, 6.07) is 10.7. The standard InChI is InChI=1S/C20H24N2O5/c1-13(20(23)21-16-10-15(24-3)6-8-17(16)25-4)22(2)11-14-5-7-18-19(9-14)27-12-26-18/h5-10,13H,11-12H2,1-4H3,(H,21,23). The topological polar surface area (TPSA) is 69.3 Å². The molecule has 0 fully saturated rings. The molecule has 2 aromatic carbocycles. The SMILES string of the molecule is COc1ccc(OC)c(NC(=O)C(C)N(C)Cc2ccc3c(c2)OCO3)c1. The highest BCUT2D eigenvalue weighted by Gasteiger charge is 2.21. The van der Waals surface area contributed by atoms with E-state index in [0.717, 1.165) is 17.1 Å². The summed E-state index contributed by atoms with van der Waals surface area (Å²) in [4.78, 5) is 14.7. The Bertz CT molecular complexity index is 824. The second-order valence-electron chi connectivity index (χ2n) is 6.33. The molecule has 0 aliphatic carbocycles. The summed E-state index contributed by atoms with van der Waals surface area (Å²) in [7, 11) is 5.04. The van der Waals surface area contributed by atoms with Crippen molar-refractivity contribution in [1.29, 1.82) is 0 Å². The lowest BCUT2D eigenvalue weighted by Gasteiger charge is -2.24. The molecule has 7 heteroatoms. The molecule has 1 N–H and O–H groups in total. The molecule has 1 aliphatic rings. The van der Waals surface area contributed by atoms with Gasteiger partial charge in [-0.25, -0.2) is 0 Å². The van der Waals surface area contributed by atoms with Crippen molar-refractivity contribution in [3.8, 4) is 23.0 Å². The van der Waals surface area contributed by atoms with Crippen LogP contribution in [0.25, 0.3) is 0 Å². The maximum Gasteiger partial charge on any atom is 0.241 e. The quantitative estimate of drug-likeness (QED) is 0.806. The molecular weight excluding hydrogens is 348 g/mol. The molecular formula is C20H24N2O5. The molecule has 0 saturated heterocycles. The molecule has 0 bridgehead atoms. The summed E-state index contributed by atoms with van der Waals surface area (Å²) in [5.41, 5.74) is 1.62. The van der Waals surface area contributed by atoms with Crippen LogP contribution in [0, 0.1) is 0 Å². The third-order valence-corrected chi connectivity index (χ3v) is 4.57. The highest BCUT2D eigenvalue weighted by atomic mass is 16.7. The first kappa shape index (κ1) is 18.8. The van der Waals surface area contributed by atoms with Crippen LogP contribution < -0.4 is 24.3 Å². The van der Waals surface area contributed by atoms with Crippen LogP contribution in [0.15, 0.2) is 36.4 Å². The number of anilines is 1. The third-order valence-electron chi connectivity index (χ3n) is 4.57. The van der Waals surface area contributed by atoms with Crippen LogP contribution in [0.3, 0.4) is 0 Å². The lowest BCUT2D eigenvalue weighted by atomic mass is 10.1. The summed E-state index contributed by atoms with van der Waals surface area (Å²) < 4.78 is 21.3. The molecule has 144 valence electrons. The number of hydrogen-bond donors (Lipinski definition) is 1. The van der Waals surface area contributed by atoms with Gasteiger partial charge in [0.05, 0.1) is 25.9 Å². The largest absolute Gasteiger partial charge is 0.497 e. The molecule has 1 heterocycles. The average molecular weight is 372 g/mol. The molecule has 1 amide bonds. The molecule has 3 rings (SSSR count). The number of nitrogens with one attached hydrogen (secondary N) is 1. The van der Waals surface area contributed by atoms with Gasteiger partial charge < -0.3 is 24.3 Å². The van der Waals surface area contributed by atoms with Gasteiger partial charge in [-0.15, -0.1) is 0 Å². The second-order valence-corrected chi connectivity index (χ2v) is 6.33. The maximum atomic E-state index is 12.7. The van der Waals surface area contributed by atoms with Crippen molar-refractivity contribution in [2.75, 3.05) is 33.4 Å². The summed E-state index contributed by atoms with van der Waals surface area (Å²) in [6.07, 6.45) is 0. The second kappa shape index (κ2) is 8.18. The zero-order chi connectivity index (χ0) is 19.4. The van der Waals surface area contributed by atoms with E-state index in [2.05, 4.69) is 5.32 Å². The normalized spacial score (nSPS) is 13.4. The van der Waals surface area contributed by atoms with Gasteiger partial charge >= 0.3 is 0 Å². The van der Waals surface area contributed by atoms with E-state index < -0.39 is 0 Å². The van der Waals surface area contributed by atoms with E-state index in [1.54, 1.807) is 32.4 Å². The summed E-state index contributed by atoms with van der Waals surface area (Å²) >= 11 is 0. The average Bonchev–Trinajstić information content (AvgIpc) is 3.15. The number of ether oxygens (including phenoxy) is 4. The van der Waals surface area contributed by atoms with E-state index in [-0.39, 0.29) is 18.7 Å². The van der Waals surface area contributed by atoms with Gasteiger partial charge in [-0.3, -0.25) is 9.69 Å². The molecule has 1 atom stereocenters. The van der Waals surface area contributed by atoms with Crippen LogP contribution in [0.2, 0.25) is 0 Å². The Morgan fingerprint density at radius 3 is 2.67 bits per heavy atom. The van der Waals surface area contributed by atoms with Gasteiger partial charge in [0.2, 0.25) is 12.7 Å². The summed E-state index contributed by atoms with van der Waals surface area (Å²) in [5.74, 6) is 2.57. The van der Waals surface area contributed by atoms with Crippen molar-refractivity contribution < 1.29 is 23.7 Å². The summed E-state index contributed by atoms with van der Waals surface area (Å²) in [6.45, 7) is 2.70. The maximum absolute atomic E-state index is 12.7. The number of methoxy groups -OCH3 is 2. The number of fused-ring (bicyclic) bond motifs is 1. The van der Waals surface area contributed by atoms with Crippen molar-refractivity contribution in [3.63, 3.8) is 0 Å². The number of nitrogens with zero attached hydrogens (tertiary/aromatic N) is 1. The zero-order valence-electron chi connectivity index (χ0n) is 15.9. The van der Waals surface area contributed by atoms with E-state index in [1.165, 1.54) is 0 Å². The van der Waals surface area contributed by atoms with E-state index in [1.807, 2.05) is 37.1 Å². The van der Waals surface area contributed by atoms with Gasteiger partial charge in [-0.05, 0) is 43.8 Å². The fraction of sp³-hybridized carbons (Fsp3) is 0.350. The first-order chi connectivity index (χ1) is 13.0. The Labute approximate surface area is 158 Å². The Morgan fingerprint density at radius 2 is 1.93 bits per heavy atom. The fourth-order valence-corrected chi connectivity index (χ4v) is 2.81. The van der Waals surface area contributed by atoms with Crippen LogP contribution in [0.4, 0.5) is 5.69 Å². The number of carbonyl (C=O) groups excluding carboxylic acids is 1. The molecule has 27 heavy (non-hydrogen) atoms. The minimum atomic E-state index is -0.355. The number of carbonyl (C=O) groups is 1. The van der Waals surface area contributed by atoms with E-state index in [9.17, 15) is 4.79 Å². The minimum absolute atomic E-state index is 0.134. The smallest absolute Gasteiger partial charge is 0.241 e. The van der Waals surface area contributed by atoms with Gasteiger partial charge in [0.25, 0.3) is 0 Å². The Kier molecular flexibility index (Phi) is 5.71. The third kappa shape index (κ3) is 4.25. The Hall–Kier alpha value is -2.93. The number of hydrogen-bond acceptors (Lipinski definition) is 6. The lowest BCUT2D eigenvalue weighted by molar-refractivity contribution is -0.120. The van der Waals surface area contributed by atoms with Crippen LogP contribution in [0.1, 0.15) is 12.5 Å². The molecule has 1 unspecified atom stereocenters. The molecule has 0 saturated carbocycles. The number of likely N-dealkylation sites (N-methyl/N-ethyl adjacent to an activating group) is 1. The van der Waals surface area contributed by atoms with E-state index >= 15 is 0 Å². The van der Waals surface area contributed by atoms with Crippen LogP contribution in [0.5, 0.6) is 23.0 Å². The molecule has 1 aliphatic heterocycles. The van der Waals surface area contributed by atoms with Crippen LogP contribution in [-0.4, -0.2) is 44.9 Å². The van der Waals surface area contributed by atoms with Crippen molar-refractivity contribution in [2.45, 2.75) is 19.5 Å². The zero-order valence-corrected chi connectivity index (χ0v) is 15.9. The molecule has 7 nitrogen and oxygen atoms in total. The van der Waals surface area contributed by atoms with Crippen molar-refractivity contribution in [1.82, 2.24) is 4.90 Å². The first-order valence-electron chi connectivity index (χ1n) is 8.63. The van der Waals surface area contributed by atoms with Gasteiger partial charge in [0.1, 0.15) is 11.5 Å². The fourth-order valence-electron chi connectivity index (χ4n) is 2.81. The van der Waals surface area contributed by atoms with Gasteiger partial charge in [-0.1, -0.05) is 6.07 Å². The van der Waals surface area contributed by atoms with Crippen LogP contribution in [-0.2, 0) is 11.3 Å². The van der Waals surface area contributed by atoms with Gasteiger partial charge in [0, 0.05) is 12.6 Å². The van der Waals surface area contributed by atoms with Gasteiger partial charge in [-0.2, -0.15) is 0 Å². The van der Waals surface area contributed by atoms with Gasteiger partial charge in [0.15, 0.2) is 11.5 Å².